The van der Waals surface area contributed by atoms with Crippen LogP contribution in [0.2, 0.25) is 5.02 Å². The van der Waals surface area contributed by atoms with Gasteiger partial charge in [0.15, 0.2) is 0 Å². The maximum Gasteiger partial charge on any atom is 0.248 e. The summed E-state index contributed by atoms with van der Waals surface area (Å²) in [6, 6.07) is 12.1. The predicted molar refractivity (Wildman–Crippen MR) is 173 cm³/mol. The van der Waals surface area contributed by atoms with E-state index in [9.17, 15) is 31.9 Å². The van der Waals surface area contributed by atoms with Crippen LogP contribution in [0.4, 0.5) is 29.1 Å². The molecule has 8 nitrogen and oxygen atoms in total. The molecule has 13 heteroatoms. The summed E-state index contributed by atoms with van der Waals surface area (Å²) in [5.41, 5.74) is 0.565. The molecule has 1 aliphatic rings. The number of unbranched alkanes of at least 4 members (excludes halogenated alkanes) is 1. The molecule has 4 rings (SSSR count). The van der Waals surface area contributed by atoms with Crippen LogP contribution in [0, 0.1) is 23.0 Å². The lowest BCUT2D eigenvalue weighted by molar-refractivity contribution is -0.125. The molecule has 1 fully saturated rings. The molecule has 0 saturated heterocycles. The van der Waals surface area contributed by atoms with Gasteiger partial charge in [0.2, 0.25) is 24.6 Å². The van der Waals surface area contributed by atoms with Crippen LogP contribution in [-0.2, 0) is 14.4 Å². The van der Waals surface area contributed by atoms with Crippen molar-refractivity contribution in [3.63, 3.8) is 0 Å². The van der Waals surface area contributed by atoms with Crippen LogP contribution >= 0.6 is 11.6 Å². The maximum absolute atomic E-state index is 13.7. The van der Waals surface area contributed by atoms with E-state index >= 15 is 0 Å². The Morgan fingerprint density at radius 3 is 2.28 bits per heavy atom. The zero-order chi connectivity index (χ0) is 35.0. The number of aromatic nitrogens is 1. The molecule has 0 aliphatic heterocycles. The van der Waals surface area contributed by atoms with Crippen molar-refractivity contribution in [2.75, 3.05) is 16.3 Å². The fraction of sp³-hybridized carbons (Fsp3) is 0.382. The molecule has 0 bridgehead atoms. The first-order valence-electron chi connectivity index (χ1n) is 15.2. The molecule has 1 N–H and O–H groups in total. The van der Waals surface area contributed by atoms with E-state index in [1.165, 1.54) is 23.2 Å². The van der Waals surface area contributed by atoms with Gasteiger partial charge in [-0.1, -0.05) is 57.0 Å². The van der Waals surface area contributed by atoms with Crippen molar-refractivity contribution >= 4 is 41.8 Å². The van der Waals surface area contributed by atoms with Gasteiger partial charge in [-0.3, -0.25) is 24.2 Å². The molecule has 1 heterocycles. The van der Waals surface area contributed by atoms with Gasteiger partial charge in [-0.2, -0.15) is 5.26 Å². The maximum atomic E-state index is 13.7. The Morgan fingerprint density at radius 2 is 1.72 bits per heavy atom. The number of anilines is 2. The molecule has 252 valence electrons. The van der Waals surface area contributed by atoms with Gasteiger partial charge in [0.1, 0.15) is 23.5 Å². The second kappa shape index (κ2) is 19.2. The van der Waals surface area contributed by atoms with Crippen LogP contribution in [0.5, 0.6) is 0 Å². The molecule has 0 radical (unpaired) electrons. The topological polar surface area (TPSA) is 106 Å². The third-order valence-corrected chi connectivity index (χ3v) is 7.44. The summed E-state index contributed by atoms with van der Waals surface area (Å²) in [4.78, 5) is 42.3. The largest absolute Gasteiger partial charge is 0.351 e. The molecule has 0 spiro atoms. The van der Waals surface area contributed by atoms with E-state index in [0.717, 1.165) is 36.3 Å². The van der Waals surface area contributed by atoms with Crippen LogP contribution in [-0.4, -0.2) is 42.2 Å². The fourth-order valence-corrected chi connectivity index (χ4v) is 4.97. The van der Waals surface area contributed by atoms with E-state index in [0.29, 0.717) is 24.0 Å². The van der Waals surface area contributed by atoms with E-state index in [1.807, 2.05) is 19.9 Å². The van der Waals surface area contributed by atoms with E-state index in [1.54, 1.807) is 24.3 Å². The highest BCUT2D eigenvalue weighted by Gasteiger charge is 2.37. The van der Waals surface area contributed by atoms with Crippen molar-refractivity contribution < 1.29 is 31.9 Å². The van der Waals surface area contributed by atoms with Crippen molar-refractivity contribution in [2.24, 2.45) is 0 Å². The smallest absolute Gasteiger partial charge is 0.248 e. The first-order valence-corrected chi connectivity index (χ1v) is 15.6. The zero-order valence-corrected chi connectivity index (χ0v) is 27.2. The number of hydrogen-bond acceptors (Lipinski definition) is 5. The first kappa shape index (κ1) is 38.7. The molecule has 2 aromatic carbocycles. The molecule has 3 aromatic rings. The van der Waals surface area contributed by atoms with Gasteiger partial charge in [-0.05, 0) is 49.6 Å². The van der Waals surface area contributed by atoms with Crippen LogP contribution in [0.15, 0.2) is 60.8 Å². The highest BCUT2D eigenvalue weighted by Crippen LogP contribution is 2.35. The Balaban J connectivity index is 0.000000380. The van der Waals surface area contributed by atoms with Crippen molar-refractivity contribution in [1.29, 1.82) is 5.26 Å². The summed E-state index contributed by atoms with van der Waals surface area (Å²) in [5, 5.41) is 11.5. The molecular weight excluding hydrogens is 638 g/mol. The lowest BCUT2D eigenvalue weighted by atomic mass is 9.91. The third kappa shape index (κ3) is 11.7. The number of nitrogens with one attached hydrogen (secondary N) is 1. The minimum atomic E-state index is -2.77. The minimum absolute atomic E-state index is 0.0731. The number of carbonyl (C=O) groups excluding carboxylic acids is 3. The summed E-state index contributed by atoms with van der Waals surface area (Å²) in [6.07, 6.45) is 3.93. The fourth-order valence-electron chi connectivity index (χ4n) is 4.73. The number of alkyl halides is 2. The Bertz CT molecular complexity index is 1490. The van der Waals surface area contributed by atoms with Crippen molar-refractivity contribution in [1.82, 2.24) is 10.3 Å². The van der Waals surface area contributed by atoms with E-state index in [-0.39, 0.29) is 48.4 Å². The zero-order valence-electron chi connectivity index (χ0n) is 26.4. The summed E-state index contributed by atoms with van der Waals surface area (Å²) < 4.78 is 54.3. The van der Waals surface area contributed by atoms with Crippen LogP contribution in [0.25, 0.3) is 0 Å². The Morgan fingerprint density at radius 1 is 1.09 bits per heavy atom. The van der Waals surface area contributed by atoms with Crippen LogP contribution in [0.3, 0.4) is 0 Å². The SMILES string of the molecule is CC.CCCCN(C=O)c1cc(C#N)ccn1.O=CN(c1cc(F)cc(F)c1)C(C(=O)NC1CCC(F)(F)CC1)c1ccccc1Cl. The number of pyridine rings is 1. The van der Waals surface area contributed by atoms with Gasteiger partial charge in [0.25, 0.3) is 0 Å². The second-order valence-corrected chi connectivity index (χ2v) is 10.8. The molecule has 1 aliphatic carbocycles. The molecule has 1 unspecified atom stereocenters. The number of halogens is 5. The third-order valence-electron chi connectivity index (χ3n) is 7.10. The minimum Gasteiger partial charge on any atom is -0.351 e. The number of nitriles is 1. The van der Waals surface area contributed by atoms with E-state index in [4.69, 9.17) is 16.9 Å². The van der Waals surface area contributed by atoms with Crippen molar-refractivity contribution in [3.8, 4) is 6.07 Å². The second-order valence-electron chi connectivity index (χ2n) is 10.4. The highest BCUT2D eigenvalue weighted by molar-refractivity contribution is 6.31. The predicted octanol–water partition coefficient (Wildman–Crippen LogP) is 7.76. The van der Waals surface area contributed by atoms with E-state index < -0.39 is 35.5 Å². The van der Waals surface area contributed by atoms with Gasteiger partial charge < -0.3 is 5.32 Å². The van der Waals surface area contributed by atoms with Gasteiger partial charge in [-0.15, -0.1) is 0 Å². The number of benzene rings is 2. The summed E-state index contributed by atoms with van der Waals surface area (Å²) in [6.45, 7) is 6.70. The molecule has 1 atom stereocenters. The van der Waals surface area contributed by atoms with Crippen molar-refractivity contribution in [3.05, 3.63) is 88.6 Å². The lowest BCUT2D eigenvalue weighted by Gasteiger charge is -2.33. The number of amides is 3. The van der Waals surface area contributed by atoms with Gasteiger partial charge in [0.05, 0.1) is 17.3 Å². The summed E-state index contributed by atoms with van der Waals surface area (Å²) >= 11 is 6.22. The molecular formula is C34H38ClF4N5O3. The quantitative estimate of drug-likeness (QED) is 0.165. The standard InChI is InChI=1S/C21H19ClF4N2O2.C11H13N3O.C2H6/c22-18-4-2-1-3-17(18)19(20(30)27-15-5-7-21(25,26)8-6-15)28(12-29)16-10-13(23)9-14(24)11-16;1-2-3-6-14(9-15)11-7-10(8-12)4-5-13-11;1-2/h1-4,9-12,15,19H,5-8H2,(H,27,30);4-5,7,9H,2-3,6H2,1H3;1-2H3. The van der Waals surface area contributed by atoms with Crippen molar-refractivity contribution in [2.45, 2.75) is 77.3 Å². The average Bonchev–Trinajstić information content (AvgIpc) is 3.06. The molecule has 1 saturated carbocycles. The highest BCUT2D eigenvalue weighted by atomic mass is 35.5. The lowest BCUT2D eigenvalue weighted by Crippen LogP contribution is -2.46. The Hall–Kier alpha value is -4.50. The molecule has 3 amide bonds. The molecule has 47 heavy (non-hydrogen) atoms. The van der Waals surface area contributed by atoms with Gasteiger partial charge >= 0.3 is 0 Å². The van der Waals surface area contributed by atoms with E-state index in [2.05, 4.69) is 17.2 Å². The average molecular weight is 676 g/mol. The molecule has 1 aromatic heterocycles. The Labute approximate surface area is 277 Å². The number of hydrogen-bond donors (Lipinski definition) is 1. The normalized spacial score (nSPS) is 14.1. The number of carbonyl (C=O) groups is 3. The summed E-state index contributed by atoms with van der Waals surface area (Å²) in [7, 11) is 0. The monoisotopic (exact) mass is 675 g/mol. The Kier molecular flexibility index (Phi) is 15.8. The summed E-state index contributed by atoms with van der Waals surface area (Å²) in [5.74, 6) is -4.76. The number of rotatable bonds is 11. The van der Waals surface area contributed by atoms with Crippen LogP contribution < -0.4 is 15.1 Å². The van der Waals surface area contributed by atoms with Crippen LogP contribution in [0.1, 0.15) is 76.5 Å². The van der Waals surface area contributed by atoms with Gasteiger partial charge in [0, 0.05) is 48.3 Å². The van der Waals surface area contributed by atoms with Gasteiger partial charge in [-0.25, -0.2) is 22.5 Å². The first-order chi connectivity index (χ1) is 22.5. The number of nitrogens with zero attached hydrogens (tertiary/aromatic N) is 4.